The lowest BCUT2D eigenvalue weighted by molar-refractivity contribution is -0.140. The van der Waals surface area contributed by atoms with Gasteiger partial charge in [0, 0.05) is 42.5 Å². The minimum Gasteiger partial charge on any atom is -0.469 e. The number of rotatable bonds is 5. The highest BCUT2D eigenvalue weighted by molar-refractivity contribution is 5.83. The van der Waals surface area contributed by atoms with E-state index in [9.17, 15) is 9.18 Å². The van der Waals surface area contributed by atoms with Crippen LogP contribution in [0.5, 0.6) is 0 Å². The number of aromatic amines is 1. The maximum Gasteiger partial charge on any atom is 0.305 e. The van der Waals surface area contributed by atoms with Gasteiger partial charge in [-0.15, -0.1) is 0 Å². The first-order valence-electron chi connectivity index (χ1n) is 8.14. The number of esters is 1. The van der Waals surface area contributed by atoms with Crippen molar-refractivity contribution in [2.24, 2.45) is 5.92 Å². The summed E-state index contributed by atoms with van der Waals surface area (Å²) in [5.41, 5.74) is 2.12. The van der Waals surface area contributed by atoms with Gasteiger partial charge in [-0.1, -0.05) is 6.92 Å². The maximum atomic E-state index is 13.3. The largest absolute Gasteiger partial charge is 0.469 e. The molecular formula is C18H23FN2O2. The molecule has 2 heterocycles. The molecule has 5 heteroatoms. The second-order valence-electron chi connectivity index (χ2n) is 6.46. The van der Waals surface area contributed by atoms with E-state index in [4.69, 9.17) is 0 Å². The molecule has 1 saturated heterocycles. The molecular weight excluding hydrogens is 295 g/mol. The van der Waals surface area contributed by atoms with Crippen LogP contribution in [0.3, 0.4) is 0 Å². The monoisotopic (exact) mass is 318 g/mol. The second kappa shape index (κ2) is 6.71. The minimum atomic E-state index is -0.213. The van der Waals surface area contributed by atoms with Crippen molar-refractivity contribution in [2.45, 2.75) is 25.7 Å². The molecule has 0 bridgehead atoms. The van der Waals surface area contributed by atoms with Crippen molar-refractivity contribution in [1.29, 1.82) is 0 Å². The van der Waals surface area contributed by atoms with Crippen molar-refractivity contribution < 1.29 is 13.9 Å². The van der Waals surface area contributed by atoms with Gasteiger partial charge in [0.2, 0.25) is 0 Å². The van der Waals surface area contributed by atoms with Gasteiger partial charge >= 0.3 is 5.97 Å². The van der Waals surface area contributed by atoms with Crippen LogP contribution in [0, 0.1) is 11.7 Å². The van der Waals surface area contributed by atoms with E-state index in [1.54, 1.807) is 6.07 Å². The fourth-order valence-corrected chi connectivity index (χ4v) is 3.63. The van der Waals surface area contributed by atoms with E-state index in [1.807, 2.05) is 12.3 Å². The van der Waals surface area contributed by atoms with Gasteiger partial charge in [0.1, 0.15) is 5.82 Å². The Morgan fingerprint density at radius 1 is 1.43 bits per heavy atom. The van der Waals surface area contributed by atoms with Gasteiger partial charge in [-0.05, 0) is 42.6 Å². The number of fused-ring (bicyclic) bond motifs is 1. The highest BCUT2D eigenvalue weighted by Gasteiger charge is 2.31. The van der Waals surface area contributed by atoms with Crippen molar-refractivity contribution in [3.63, 3.8) is 0 Å². The topological polar surface area (TPSA) is 45.3 Å². The van der Waals surface area contributed by atoms with Crippen molar-refractivity contribution >= 4 is 16.9 Å². The number of halogens is 1. The normalized spacial score (nSPS) is 21.9. The zero-order valence-electron chi connectivity index (χ0n) is 13.6. The molecule has 2 unspecified atom stereocenters. The number of carbonyl (C=O) groups is 1. The molecule has 1 aliphatic heterocycles. The van der Waals surface area contributed by atoms with E-state index in [0.29, 0.717) is 18.3 Å². The minimum absolute atomic E-state index is 0.146. The van der Waals surface area contributed by atoms with Crippen molar-refractivity contribution in [3.05, 3.63) is 35.8 Å². The molecule has 3 rings (SSSR count). The van der Waals surface area contributed by atoms with Crippen LogP contribution in [0.25, 0.3) is 10.9 Å². The number of hydrogen-bond donors (Lipinski definition) is 1. The van der Waals surface area contributed by atoms with Crippen molar-refractivity contribution in [1.82, 2.24) is 9.88 Å². The van der Waals surface area contributed by atoms with Gasteiger partial charge in [-0.3, -0.25) is 4.79 Å². The van der Waals surface area contributed by atoms with Crippen LogP contribution in [-0.4, -0.2) is 42.6 Å². The Balaban J connectivity index is 1.67. The standard InChI is InChI=1S/C18H23FN2O2/c1-12-10-21(7-3-4-18(22)23-2)11-16(12)15-9-20-17-8-13(19)5-6-14(15)17/h5-6,8-9,12,16,20H,3-4,7,10-11H2,1-2H3. The summed E-state index contributed by atoms with van der Waals surface area (Å²) in [5.74, 6) is 0.617. The molecule has 4 nitrogen and oxygen atoms in total. The number of aromatic nitrogens is 1. The Bertz CT molecular complexity index is 697. The van der Waals surface area contributed by atoms with Crippen LogP contribution in [0.2, 0.25) is 0 Å². The van der Waals surface area contributed by atoms with E-state index >= 15 is 0 Å². The smallest absolute Gasteiger partial charge is 0.305 e. The van der Waals surface area contributed by atoms with Gasteiger partial charge in [0.15, 0.2) is 0 Å². The first-order valence-corrected chi connectivity index (χ1v) is 8.14. The predicted molar refractivity (Wildman–Crippen MR) is 87.9 cm³/mol. The van der Waals surface area contributed by atoms with Gasteiger partial charge in [-0.2, -0.15) is 0 Å². The summed E-state index contributed by atoms with van der Waals surface area (Å²) in [7, 11) is 1.43. The highest BCUT2D eigenvalue weighted by Crippen LogP contribution is 2.36. The number of likely N-dealkylation sites (tertiary alicyclic amines) is 1. The summed E-state index contributed by atoms with van der Waals surface area (Å²) in [4.78, 5) is 16.8. The van der Waals surface area contributed by atoms with E-state index in [-0.39, 0.29) is 11.8 Å². The fraction of sp³-hybridized carbons (Fsp3) is 0.500. The van der Waals surface area contributed by atoms with Crippen LogP contribution < -0.4 is 0 Å². The number of methoxy groups -OCH3 is 1. The van der Waals surface area contributed by atoms with Crippen LogP contribution in [0.4, 0.5) is 4.39 Å². The number of carbonyl (C=O) groups excluding carboxylic acids is 1. The fourth-order valence-electron chi connectivity index (χ4n) is 3.63. The van der Waals surface area contributed by atoms with E-state index < -0.39 is 0 Å². The Morgan fingerprint density at radius 2 is 2.26 bits per heavy atom. The Kier molecular flexibility index (Phi) is 4.66. The predicted octanol–water partition coefficient (Wildman–Crippen LogP) is 3.30. The zero-order valence-corrected chi connectivity index (χ0v) is 13.6. The Labute approximate surface area is 135 Å². The maximum absolute atomic E-state index is 13.3. The summed E-state index contributed by atoms with van der Waals surface area (Å²) in [6.45, 7) is 5.17. The molecule has 0 saturated carbocycles. The molecule has 0 spiro atoms. The first kappa shape index (κ1) is 16.0. The number of H-pyrrole nitrogens is 1. The molecule has 1 aliphatic rings. The number of benzene rings is 1. The molecule has 2 atom stereocenters. The molecule has 0 radical (unpaired) electrons. The molecule has 124 valence electrons. The van der Waals surface area contributed by atoms with Gasteiger partial charge in [0.05, 0.1) is 7.11 Å². The van der Waals surface area contributed by atoms with Crippen LogP contribution >= 0.6 is 0 Å². The third-order valence-corrected chi connectivity index (χ3v) is 4.85. The summed E-state index contributed by atoms with van der Waals surface area (Å²) < 4.78 is 18.0. The molecule has 1 fully saturated rings. The summed E-state index contributed by atoms with van der Waals surface area (Å²) in [6.07, 6.45) is 3.31. The average molecular weight is 318 g/mol. The molecule has 23 heavy (non-hydrogen) atoms. The Hall–Kier alpha value is -1.88. The van der Waals surface area contributed by atoms with E-state index in [1.165, 1.54) is 18.7 Å². The lowest BCUT2D eigenvalue weighted by atomic mass is 9.90. The number of hydrogen-bond acceptors (Lipinski definition) is 3. The SMILES string of the molecule is COC(=O)CCCN1CC(C)C(c2c[nH]c3cc(F)ccc23)C1. The van der Waals surface area contributed by atoms with Crippen molar-refractivity contribution in [2.75, 3.05) is 26.7 Å². The lowest BCUT2D eigenvalue weighted by Crippen LogP contribution is -2.22. The Morgan fingerprint density at radius 3 is 3.04 bits per heavy atom. The summed E-state index contributed by atoms with van der Waals surface area (Å²) >= 11 is 0. The van der Waals surface area contributed by atoms with Gasteiger partial charge in [-0.25, -0.2) is 4.39 Å². The summed E-state index contributed by atoms with van der Waals surface area (Å²) in [6, 6.07) is 4.93. The number of ether oxygens (including phenoxy) is 1. The van der Waals surface area contributed by atoms with Crippen LogP contribution in [0.15, 0.2) is 24.4 Å². The summed E-state index contributed by atoms with van der Waals surface area (Å²) in [5, 5.41) is 1.11. The quantitative estimate of drug-likeness (QED) is 0.861. The third-order valence-electron chi connectivity index (χ3n) is 4.85. The number of nitrogens with one attached hydrogen (secondary N) is 1. The van der Waals surface area contributed by atoms with E-state index in [0.717, 1.165) is 37.0 Å². The molecule has 1 aromatic heterocycles. The van der Waals surface area contributed by atoms with E-state index in [2.05, 4.69) is 21.5 Å². The molecule has 0 aliphatic carbocycles. The lowest BCUT2D eigenvalue weighted by Gasteiger charge is -2.15. The van der Waals surface area contributed by atoms with Crippen LogP contribution in [-0.2, 0) is 9.53 Å². The molecule has 2 aromatic rings. The third kappa shape index (κ3) is 3.39. The zero-order chi connectivity index (χ0) is 16.4. The van der Waals surface area contributed by atoms with Gasteiger partial charge < -0.3 is 14.6 Å². The van der Waals surface area contributed by atoms with Gasteiger partial charge in [0.25, 0.3) is 0 Å². The average Bonchev–Trinajstić information content (AvgIpc) is 3.09. The first-order chi connectivity index (χ1) is 11.1. The van der Waals surface area contributed by atoms with Crippen LogP contribution in [0.1, 0.15) is 31.2 Å². The molecule has 0 amide bonds. The second-order valence-corrected chi connectivity index (χ2v) is 6.46. The highest BCUT2D eigenvalue weighted by atomic mass is 19.1. The number of nitrogens with zero attached hydrogens (tertiary/aromatic N) is 1. The molecule has 1 N–H and O–H groups in total. The molecule has 1 aromatic carbocycles. The van der Waals surface area contributed by atoms with Crippen molar-refractivity contribution in [3.8, 4) is 0 Å².